The van der Waals surface area contributed by atoms with E-state index < -0.39 is 10.0 Å². The zero-order valence-electron chi connectivity index (χ0n) is 19.4. The molecular weight excluding hydrogens is 426 g/mol. The van der Waals surface area contributed by atoms with Gasteiger partial charge < -0.3 is 15.0 Å². The zero-order chi connectivity index (χ0) is 23.5. The van der Waals surface area contributed by atoms with Crippen LogP contribution in [-0.2, 0) is 14.8 Å². The van der Waals surface area contributed by atoms with E-state index in [1.54, 1.807) is 12.1 Å². The summed E-state index contributed by atoms with van der Waals surface area (Å²) < 4.78 is 33.1. The number of hydrogen-bond acceptors (Lipinski definition) is 5. The first-order valence-electron chi connectivity index (χ1n) is 10.8. The van der Waals surface area contributed by atoms with Crippen molar-refractivity contribution in [3.63, 3.8) is 0 Å². The first kappa shape index (κ1) is 24.4. The molecule has 1 fully saturated rings. The van der Waals surface area contributed by atoms with Gasteiger partial charge in [-0.2, -0.15) is 4.31 Å². The monoisotopic (exact) mass is 459 g/mol. The second-order valence-corrected chi connectivity index (χ2v) is 10.6. The van der Waals surface area contributed by atoms with Crippen molar-refractivity contribution >= 4 is 15.9 Å². The van der Waals surface area contributed by atoms with Crippen LogP contribution in [0.15, 0.2) is 53.4 Å². The van der Waals surface area contributed by atoms with Crippen molar-refractivity contribution in [1.29, 1.82) is 0 Å². The lowest BCUT2D eigenvalue weighted by Gasteiger charge is -2.34. The Bertz CT molecular complexity index is 1010. The van der Waals surface area contributed by atoms with Crippen LogP contribution < -0.4 is 5.32 Å². The molecule has 3 atom stereocenters. The van der Waals surface area contributed by atoms with Gasteiger partial charge in [0, 0.05) is 25.2 Å². The number of rotatable bonds is 7. The summed E-state index contributed by atoms with van der Waals surface area (Å²) in [4.78, 5) is 14.9. The minimum Gasteiger partial charge on any atom is -0.373 e. The van der Waals surface area contributed by atoms with E-state index >= 15 is 0 Å². The van der Waals surface area contributed by atoms with E-state index in [9.17, 15) is 13.2 Å². The zero-order valence-corrected chi connectivity index (χ0v) is 20.2. The Morgan fingerprint density at radius 1 is 1.06 bits per heavy atom. The van der Waals surface area contributed by atoms with Crippen LogP contribution in [0.2, 0.25) is 0 Å². The quantitative estimate of drug-likeness (QED) is 0.689. The molecule has 1 aliphatic rings. The van der Waals surface area contributed by atoms with Gasteiger partial charge in [-0.15, -0.1) is 0 Å². The maximum Gasteiger partial charge on any atom is 0.251 e. The summed E-state index contributed by atoms with van der Waals surface area (Å²) in [5.41, 5.74) is 2.73. The van der Waals surface area contributed by atoms with Crippen LogP contribution in [0.3, 0.4) is 0 Å². The van der Waals surface area contributed by atoms with Gasteiger partial charge in [0.1, 0.15) is 0 Å². The van der Waals surface area contributed by atoms with Crippen LogP contribution in [0.25, 0.3) is 0 Å². The van der Waals surface area contributed by atoms with Crippen LogP contribution >= 0.6 is 0 Å². The number of sulfonamides is 1. The third-order valence-electron chi connectivity index (χ3n) is 5.68. The topological polar surface area (TPSA) is 79.0 Å². The smallest absolute Gasteiger partial charge is 0.251 e. The minimum absolute atomic E-state index is 0.0319. The fourth-order valence-electron chi connectivity index (χ4n) is 3.93. The third-order valence-corrected chi connectivity index (χ3v) is 7.53. The van der Waals surface area contributed by atoms with Crippen LogP contribution in [0.5, 0.6) is 0 Å². The number of hydrogen-bond donors (Lipinski definition) is 1. The number of likely N-dealkylation sites (N-methyl/N-ethyl adjacent to an activating group) is 1. The van der Waals surface area contributed by atoms with Gasteiger partial charge in [0.05, 0.1) is 23.1 Å². The second-order valence-electron chi connectivity index (χ2n) is 8.70. The normalized spacial score (nSPS) is 20.8. The molecule has 0 spiro atoms. The Labute approximate surface area is 191 Å². The van der Waals surface area contributed by atoms with Crippen LogP contribution in [0.1, 0.15) is 41.4 Å². The molecule has 0 radical (unpaired) electrons. The molecule has 0 aromatic heterocycles. The molecule has 3 unspecified atom stereocenters. The Morgan fingerprint density at radius 3 is 2.16 bits per heavy atom. The Hall–Kier alpha value is -2.26. The average molecular weight is 460 g/mol. The van der Waals surface area contributed by atoms with Crippen molar-refractivity contribution in [3.8, 4) is 0 Å². The summed E-state index contributed by atoms with van der Waals surface area (Å²) in [6.07, 6.45) is -0.312. The molecular formula is C24H33N3O4S. The number of nitrogens with zero attached hydrogens (tertiary/aromatic N) is 2. The fourth-order valence-corrected chi connectivity index (χ4v) is 5.52. The van der Waals surface area contributed by atoms with Crippen molar-refractivity contribution in [2.75, 3.05) is 33.7 Å². The molecule has 8 heteroatoms. The number of carbonyl (C=O) groups excluding carboxylic acids is 1. The van der Waals surface area contributed by atoms with Crippen molar-refractivity contribution < 1.29 is 17.9 Å². The van der Waals surface area contributed by atoms with Gasteiger partial charge >= 0.3 is 0 Å². The second kappa shape index (κ2) is 10.1. The molecule has 2 aromatic rings. The largest absolute Gasteiger partial charge is 0.373 e. The van der Waals surface area contributed by atoms with Crippen molar-refractivity contribution in [3.05, 3.63) is 65.2 Å². The van der Waals surface area contributed by atoms with Gasteiger partial charge in [0.15, 0.2) is 0 Å². The molecule has 1 amide bonds. The van der Waals surface area contributed by atoms with Gasteiger partial charge in [-0.1, -0.05) is 29.8 Å². The van der Waals surface area contributed by atoms with Gasteiger partial charge in [0.2, 0.25) is 10.0 Å². The molecule has 1 N–H and O–H groups in total. The van der Waals surface area contributed by atoms with Crippen molar-refractivity contribution in [2.45, 2.75) is 43.9 Å². The molecule has 0 saturated carbocycles. The number of nitrogens with one attached hydrogen (secondary N) is 1. The lowest BCUT2D eigenvalue weighted by molar-refractivity contribution is -0.0440. The summed E-state index contributed by atoms with van der Waals surface area (Å²) in [5, 5.41) is 2.97. The number of amides is 1. The number of ether oxygens (including phenoxy) is 1. The summed E-state index contributed by atoms with van der Waals surface area (Å²) in [7, 11) is 0.320. The number of morpholine rings is 1. The standard InChI is InChI=1S/C24H33N3O4S/c1-17-6-8-20(9-7-17)23(26(4)5)14-25-24(28)21-10-12-22(13-11-21)32(29,30)27-15-18(2)31-19(3)16-27/h6-13,18-19,23H,14-16H2,1-5H3,(H,25,28). The fraction of sp³-hybridized carbons (Fsp3) is 0.458. The predicted molar refractivity (Wildman–Crippen MR) is 125 cm³/mol. The van der Waals surface area contributed by atoms with Crippen LogP contribution in [0.4, 0.5) is 0 Å². The lowest BCUT2D eigenvalue weighted by Crippen LogP contribution is -2.48. The van der Waals surface area contributed by atoms with Gasteiger partial charge in [0.25, 0.3) is 5.91 Å². The molecule has 1 aliphatic heterocycles. The van der Waals surface area contributed by atoms with Crippen molar-refractivity contribution in [2.24, 2.45) is 0 Å². The van der Waals surface area contributed by atoms with Crippen LogP contribution in [0, 0.1) is 6.92 Å². The third kappa shape index (κ3) is 5.75. The molecule has 0 bridgehead atoms. The highest BCUT2D eigenvalue weighted by atomic mass is 32.2. The summed E-state index contributed by atoms with van der Waals surface area (Å²) in [6.45, 7) is 6.85. The Balaban J connectivity index is 1.67. The van der Waals surface area contributed by atoms with E-state index in [1.165, 1.54) is 22.0 Å². The molecule has 0 aliphatic carbocycles. The maximum atomic E-state index is 13.0. The number of carbonyl (C=O) groups is 1. The summed E-state index contributed by atoms with van der Waals surface area (Å²) in [6, 6.07) is 14.4. The molecule has 174 valence electrons. The van der Waals surface area contributed by atoms with Gasteiger partial charge in [-0.05, 0) is 64.7 Å². The van der Waals surface area contributed by atoms with E-state index in [-0.39, 0.29) is 29.1 Å². The predicted octanol–water partition coefficient (Wildman–Crippen LogP) is 2.83. The molecule has 1 saturated heterocycles. The highest BCUT2D eigenvalue weighted by Crippen LogP contribution is 2.22. The first-order chi connectivity index (χ1) is 15.1. The van der Waals surface area contributed by atoms with E-state index in [0.29, 0.717) is 25.2 Å². The Kier molecular flexibility index (Phi) is 7.71. The van der Waals surface area contributed by atoms with Crippen LogP contribution in [-0.4, -0.2) is 69.5 Å². The molecule has 32 heavy (non-hydrogen) atoms. The summed E-state index contributed by atoms with van der Waals surface area (Å²) >= 11 is 0. The molecule has 1 heterocycles. The molecule has 3 rings (SSSR count). The SMILES string of the molecule is Cc1ccc(C(CNC(=O)c2ccc(S(=O)(=O)N3CC(C)OC(C)C3)cc2)N(C)C)cc1. The van der Waals surface area contributed by atoms with E-state index in [1.807, 2.05) is 34.9 Å². The van der Waals surface area contributed by atoms with E-state index in [0.717, 1.165) is 5.56 Å². The maximum absolute atomic E-state index is 13.0. The Morgan fingerprint density at radius 2 is 1.62 bits per heavy atom. The lowest BCUT2D eigenvalue weighted by atomic mass is 10.0. The number of aryl methyl sites for hydroxylation is 1. The van der Waals surface area contributed by atoms with E-state index in [2.05, 4.69) is 34.5 Å². The molecule has 2 aromatic carbocycles. The highest BCUT2D eigenvalue weighted by molar-refractivity contribution is 7.89. The van der Waals surface area contributed by atoms with Gasteiger partial charge in [-0.25, -0.2) is 8.42 Å². The minimum atomic E-state index is -3.63. The van der Waals surface area contributed by atoms with E-state index in [4.69, 9.17) is 4.74 Å². The molecule has 7 nitrogen and oxygen atoms in total. The highest BCUT2D eigenvalue weighted by Gasteiger charge is 2.32. The van der Waals surface area contributed by atoms with Crippen molar-refractivity contribution in [1.82, 2.24) is 14.5 Å². The summed E-state index contributed by atoms with van der Waals surface area (Å²) in [5.74, 6) is -0.235. The van der Waals surface area contributed by atoms with Gasteiger partial charge in [-0.3, -0.25) is 4.79 Å². The number of benzene rings is 2. The average Bonchev–Trinajstić information content (AvgIpc) is 2.74. The first-order valence-corrected chi connectivity index (χ1v) is 12.3.